The van der Waals surface area contributed by atoms with Crippen LogP contribution in [0.3, 0.4) is 0 Å². The molecular weight excluding hydrogens is 204 g/mol. The van der Waals surface area contributed by atoms with E-state index < -0.39 is 0 Å². The molecule has 5 nitrogen and oxygen atoms in total. The highest BCUT2D eigenvalue weighted by molar-refractivity contribution is 5.13. The maximum atomic E-state index is 5.72. The van der Waals surface area contributed by atoms with Crippen molar-refractivity contribution in [1.82, 2.24) is 15.2 Å². The van der Waals surface area contributed by atoms with Crippen molar-refractivity contribution in [3.8, 4) is 0 Å². The van der Waals surface area contributed by atoms with Crippen molar-refractivity contribution in [3.05, 3.63) is 18.0 Å². The van der Waals surface area contributed by atoms with E-state index >= 15 is 0 Å². The van der Waals surface area contributed by atoms with E-state index in [9.17, 15) is 0 Å². The van der Waals surface area contributed by atoms with Crippen LogP contribution in [-0.4, -0.2) is 22.5 Å². The van der Waals surface area contributed by atoms with Crippen LogP contribution in [0.4, 0.5) is 0 Å². The van der Waals surface area contributed by atoms with Crippen LogP contribution in [0.25, 0.3) is 0 Å². The van der Waals surface area contributed by atoms with Gasteiger partial charge in [-0.05, 0) is 18.9 Å². The summed E-state index contributed by atoms with van der Waals surface area (Å²) in [7, 11) is 3.67. The molecule has 1 unspecified atom stereocenters. The first-order chi connectivity index (χ1) is 7.72. The number of aromatic nitrogens is 2. The summed E-state index contributed by atoms with van der Waals surface area (Å²) < 4.78 is 7.51. The number of methoxy groups -OCH3 is 1. The molecular formula is C11H20N4O. The van der Waals surface area contributed by atoms with Gasteiger partial charge in [-0.3, -0.25) is 10.5 Å². The summed E-state index contributed by atoms with van der Waals surface area (Å²) in [5, 5.41) is 4.41. The molecule has 0 amide bonds. The highest BCUT2D eigenvalue weighted by atomic mass is 16.5. The van der Waals surface area contributed by atoms with Gasteiger partial charge in [0.25, 0.3) is 0 Å². The normalized spacial score (nSPS) is 21.2. The molecule has 0 aliphatic heterocycles. The third-order valence-corrected chi connectivity index (χ3v) is 3.58. The Bertz CT molecular complexity index is 344. The first kappa shape index (κ1) is 11.6. The minimum atomic E-state index is -0.191. The molecule has 1 aromatic rings. The number of hydrogen-bond acceptors (Lipinski definition) is 4. The molecule has 0 aromatic carbocycles. The van der Waals surface area contributed by atoms with Crippen molar-refractivity contribution in [2.24, 2.45) is 12.9 Å². The number of nitrogens with two attached hydrogens (primary N) is 1. The molecule has 1 fully saturated rings. The lowest BCUT2D eigenvalue weighted by molar-refractivity contribution is -0.0380. The largest absolute Gasteiger partial charge is 0.376 e. The lowest BCUT2D eigenvalue weighted by atomic mass is 9.90. The second-order valence-electron chi connectivity index (χ2n) is 4.49. The van der Waals surface area contributed by atoms with Gasteiger partial charge in [-0.25, -0.2) is 5.43 Å². The van der Waals surface area contributed by atoms with Gasteiger partial charge in [0, 0.05) is 20.4 Å². The SMILES string of the molecule is COC1(C(NN)c2ccn(C)n2)CCCC1. The van der Waals surface area contributed by atoms with Crippen LogP contribution in [0.15, 0.2) is 12.3 Å². The van der Waals surface area contributed by atoms with Crippen LogP contribution in [-0.2, 0) is 11.8 Å². The van der Waals surface area contributed by atoms with E-state index in [4.69, 9.17) is 10.6 Å². The third-order valence-electron chi connectivity index (χ3n) is 3.58. The molecule has 1 aliphatic carbocycles. The summed E-state index contributed by atoms with van der Waals surface area (Å²) >= 11 is 0. The van der Waals surface area contributed by atoms with Crippen molar-refractivity contribution in [2.45, 2.75) is 37.3 Å². The number of ether oxygens (including phenoxy) is 1. The average molecular weight is 224 g/mol. The zero-order valence-electron chi connectivity index (χ0n) is 9.94. The predicted octanol–water partition coefficient (Wildman–Crippen LogP) is 0.884. The number of aryl methyl sites for hydroxylation is 1. The topological polar surface area (TPSA) is 65.1 Å². The molecule has 3 N–H and O–H groups in total. The lowest BCUT2D eigenvalue weighted by Crippen LogP contribution is -2.46. The molecule has 0 spiro atoms. The van der Waals surface area contributed by atoms with E-state index in [1.54, 1.807) is 11.8 Å². The van der Waals surface area contributed by atoms with Crippen LogP contribution >= 0.6 is 0 Å². The van der Waals surface area contributed by atoms with Crippen LogP contribution in [0, 0.1) is 0 Å². The molecule has 2 rings (SSSR count). The molecule has 1 saturated carbocycles. The minimum Gasteiger partial charge on any atom is -0.376 e. The fourth-order valence-electron chi connectivity index (χ4n) is 2.68. The second-order valence-corrected chi connectivity index (χ2v) is 4.49. The van der Waals surface area contributed by atoms with Crippen molar-refractivity contribution in [1.29, 1.82) is 0 Å². The van der Waals surface area contributed by atoms with Crippen molar-refractivity contribution < 1.29 is 4.74 Å². The van der Waals surface area contributed by atoms with Gasteiger partial charge in [0.1, 0.15) is 0 Å². The molecule has 0 saturated heterocycles. The average Bonchev–Trinajstić information content (AvgIpc) is 2.90. The van der Waals surface area contributed by atoms with E-state index in [2.05, 4.69) is 10.5 Å². The molecule has 90 valence electrons. The Hall–Kier alpha value is -0.910. The summed E-state index contributed by atoms with van der Waals surface area (Å²) in [4.78, 5) is 0. The molecule has 0 radical (unpaired) electrons. The Morgan fingerprint density at radius 3 is 2.69 bits per heavy atom. The quantitative estimate of drug-likeness (QED) is 0.588. The van der Waals surface area contributed by atoms with E-state index in [1.807, 2.05) is 19.3 Å². The maximum Gasteiger partial charge on any atom is 0.0939 e. The fourth-order valence-corrected chi connectivity index (χ4v) is 2.68. The van der Waals surface area contributed by atoms with E-state index in [0.29, 0.717) is 0 Å². The van der Waals surface area contributed by atoms with Gasteiger partial charge in [0.05, 0.1) is 17.3 Å². The van der Waals surface area contributed by atoms with E-state index in [0.717, 1.165) is 18.5 Å². The fraction of sp³-hybridized carbons (Fsp3) is 0.727. The van der Waals surface area contributed by atoms with Crippen molar-refractivity contribution >= 4 is 0 Å². The zero-order chi connectivity index (χ0) is 11.6. The predicted molar refractivity (Wildman–Crippen MR) is 61.5 cm³/mol. The summed E-state index contributed by atoms with van der Waals surface area (Å²) in [6, 6.07) is 1.96. The first-order valence-corrected chi connectivity index (χ1v) is 5.73. The smallest absolute Gasteiger partial charge is 0.0939 e. The standard InChI is InChI=1S/C11H20N4O/c1-15-8-5-9(14-15)10(13-12)11(16-2)6-3-4-7-11/h5,8,10,13H,3-4,6-7,12H2,1-2H3. The summed E-state index contributed by atoms with van der Waals surface area (Å²) in [5.74, 6) is 5.68. The van der Waals surface area contributed by atoms with Gasteiger partial charge in [0.2, 0.25) is 0 Å². The molecule has 5 heteroatoms. The molecule has 16 heavy (non-hydrogen) atoms. The molecule has 1 heterocycles. The second kappa shape index (κ2) is 4.53. The molecule has 1 aliphatic rings. The highest BCUT2D eigenvalue weighted by Gasteiger charge is 2.43. The Morgan fingerprint density at radius 1 is 1.56 bits per heavy atom. The van der Waals surface area contributed by atoms with Gasteiger partial charge in [-0.2, -0.15) is 5.10 Å². The molecule has 1 aromatic heterocycles. The van der Waals surface area contributed by atoms with Gasteiger partial charge in [0.15, 0.2) is 0 Å². The van der Waals surface area contributed by atoms with Crippen LogP contribution < -0.4 is 11.3 Å². The zero-order valence-corrected chi connectivity index (χ0v) is 9.94. The molecule has 0 bridgehead atoms. The van der Waals surface area contributed by atoms with Gasteiger partial charge in [-0.1, -0.05) is 12.8 Å². The first-order valence-electron chi connectivity index (χ1n) is 5.73. The highest BCUT2D eigenvalue weighted by Crippen LogP contribution is 2.41. The third kappa shape index (κ3) is 1.86. The monoisotopic (exact) mass is 224 g/mol. The van der Waals surface area contributed by atoms with Crippen LogP contribution in [0.2, 0.25) is 0 Å². The Balaban J connectivity index is 2.27. The Kier molecular flexibility index (Phi) is 3.28. The van der Waals surface area contributed by atoms with Gasteiger partial charge >= 0.3 is 0 Å². The number of hydrazine groups is 1. The summed E-state index contributed by atoms with van der Waals surface area (Å²) in [6.45, 7) is 0. The Morgan fingerprint density at radius 2 is 2.25 bits per heavy atom. The molecule has 1 atom stereocenters. The number of hydrogen-bond donors (Lipinski definition) is 2. The van der Waals surface area contributed by atoms with Crippen LogP contribution in [0.1, 0.15) is 37.4 Å². The van der Waals surface area contributed by atoms with Gasteiger partial charge < -0.3 is 4.74 Å². The van der Waals surface area contributed by atoms with Crippen molar-refractivity contribution in [3.63, 3.8) is 0 Å². The van der Waals surface area contributed by atoms with Crippen molar-refractivity contribution in [2.75, 3.05) is 7.11 Å². The number of rotatable bonds is 4. The maximum absolute atomic E-state index is 5.72. The van der Waals surface area contributed by atoms with E-state index in [-0.39, 0.29) is 11.6 Å². The lowest BCUT2D eigenvalue weighted by Gasteiger charge is -2.34. The van der Waals surface area contributed by atoms with Crippen LogP contribution in [0.5, 0.6) is 0 Å². The van der Waals surface area contributed by atoms with E-state index in [1.165, 1.54) is 12.8 Å². The minimum absolute atomic E-state index is 0.0267. The number of nitrogens with one attached hydrogen (secondary N) is 1. The number of nitrogens with zero attached hydrogens (tertiary/aromatic N) is 2. The summed E-state index contributed by atoms with van der Waals surface area (Å²) in [5.41, 5.74) is 3.63. The summed E-state index contributed by atoms with van der Waals surface area (Å²) in [6.07, 6.45) is 6.39. The Labute approximate surface area is 95.9 Å². The van der Waals surface area contributed by atoms with Gasteiger partial charge in [-0.15, -0.1) is 0 Å².